The van der Waals surface area contributed by atoms with Gasteiger partial charge < -0.3 is 10.2 Å². The first-order valence-corrected chi connectivity index (χ1v) is 9.08. The Labute approximate surface area is 143 Å². The molecule has 0 amide bonds. The molecule has 0 unspecified atom stereocenters. The molecule has 2 atom stereocenters. The number of nitrogens with zero attached hydrogens (tertiary/aromatic N) is 4. The summed E-state index contributed by atoms with van der Waals surface area (Å²) in [6.07, 6.45) is 5.31. The van der Waals surface area contributed by atoms with Crippen LogP contribution in [0.5, 0.6) is 0 Å². The van der Waals surface area contributed by atoms with Gasteiger partial charge in [0.25, 0.3) is 0 Å². The standard InChI is InChI=1S/C18H28N4O2/c23-6-2-5-20-10-16-7-17(24)11-22(16)18(12-20)13-21(14-18)9-15-3-1-4-19-8-15/h1,3-4,8,16-17,23-24H,2,5-7,9-14H2/t16-,17-/m1/s1. The molecule has 6 heteroatoms. The Hall–Kier alpha value is -1.05. The monoisotopic (exact) mass is 332 g/mol. The van der Waals surface area contributed by atoms with Crippen molar-refractivity contribution >= 4 is 0 Å². The van der Waals surface area contributed by atoms with Crippen molar-refractivity contribution in [3.63, 3.8) is 0 Å². The van der Waals surface area contributed by atoms with Crippen LogP contribution in [-0.4, -0.2) is 93.5 Å². The zero-order valence-corrected chi connectivity index (χ0v) is 14.2. The van der Waals surface area contributed by atoms with Crippen LogP contribution in [0.25, 0.3) is 0 Å². The second-order valence-corrected chi connectivity index (χ2v) is 7.74. The number of pyridine rings is 1. The molecule has 132 valence electrons. The van der Waals surface area contributed by atoms with E-state index >= 15 is 0 Å². The number of rotatable bonds is 5. The molecule has 2 N–H and O–H groups in total. The Bertz CT molecular complexity index is 549. The van der Waals surface area contributed by atoms with Crippen molar-refractivity contribution in [1.82, 2.24) is 19.7 Å². The fourth-order valence-electron chi connectivity index (χ4n) is 4.91. The highest BCUT2D eigenvalue weighted by Gasteiger charge is 2.55. The van der Waals surface area contributed by atoms with E-state index in [-0.39, 0.29) is 18.2 Å². The molecule has 24 heavy (non-hydrogen) atoms. The zero-order chi connectivity index (χ0) is 16.6. The first-order chi connectivity index (χ1) is 11.7. The van der Waals surface area contributed by atoms with Crippen LogP contribution in [0.15, 0.2) is 24.5 Å². The summed E-state index contributed by atoms with van der Waals surface area (Å²) in [4.78, 5) is 11.8. The lowest BCUT2D eigenvalue weighted by Gasteiger charge is -2.61. The van der Waals surface area contributed by atoms with Gasteiger partial charge in [0, 0.05) is 70.9 Å². The lowest BCUT2D eigenvalue weighted by atomic mass is 9.83. The van der Waals surface area contributed by atoms with Gasteiger partial charge in [-0.05, 0) is 24.5 Å². The van der Waals surface area contributed by atoms with Gasteiger partial charge in [0.15, 0.2) is 0 Å². The molecule has 0 aromatic carbocycles. The summed E-state index contributed by atoms with van der Waals surface area (Å²) in [5.74, 6) is 0. The molecule has 0 saturated carbocycles. The third-order valence-corrected chi connectivity index (χ3v) is 5.79. The minimum Gasteiger partial charge on any atom is -0.396 e. The molecule has 3 saturated heterocycles. The van der Waals surface area contributed by atoms with E-state index in [4.69, 9.17) is 5.11 Å². The summed E-state index contributed by atoms with van der Waals surface area (Å²) in [6.45, 7) is 7.18. The van der Waals surface area contributed by atoms with Crippen LogP contribution >= 0.6 is 0 Å². The van der Waals surface area contributed by atoms with Crippen LogP contribution in [0, 0.1) is 0 Å². The number of hydrogen-bond donors (Lipinski definition) is 2. The highest BCUT2D eigenvalue weighted by molar-refractivity contribution is 5.16. The lowest BCUT2D eigenvalue weighted by Crippen LogP contribution is -2.77. The third kappa shape index (κ3) is 3.09. The molecular formula is C18H28N4O2. The van der Waals surface area contributed by atoms with Crippen LogP contribution in [0.1, 0.15) is 18.4 Å². The Morgan fingerprint density at radius 1 is 1.21 bits per heavy atom. The number of aliphatic hydroxyl groups excluding tert-OH is 2. The Morgan fingerprint density at radius 3 is 2.79 bits per heavy atom. The van der Waals surface area contributed by atoms with Crippen molar-refractivity contribution in [2.45, 2.75) is 37.1 Å². The quantitative estimate of drug-likeness (QED) is 0.777. The van der Waals surface area contributed by atoms with E-state index in [0.29, 0.717) is 6.04 Å². The second-order valence-electron chi connectivity index (χ2n) is 7.74. The van der Waals surface area contributed by atoms with Gasteiger partial charge >= 0.3 is 0 Å². The van der Waals surface area contributed by atoms with Gasteiger partial charge in [-0.25, -0.2) is 0 Å². The first-order valence-electron chi connectivity index (χ1n) is 9.08. The molecule has 6 nitrogen and oxygen atoms in total. The van der Waals surface area contributed by atoms with E-state index < -0.39 is 0 Å². The molecular weight excluding hydrogens is 304 g/mol. The van der Waals surface area contributed by atoms with Crippen LogP contribution in [0.4, 0.5) is 0 Å². The van der Waals surface area contributed by atoms with Crippen molar-refractivity contribution in [3.8, 4) is 0 Å². The molecule has 0 radical (unpaired) electrons. The maximum Gasteiger partial charge on any atom is 0.0682 e. The van der Waals surface area contributed by atoms with Crippen molar-refractivity contribution in [2.75, 3.05) is 45.9 Å². The fourth-order valence-corrected chi connectivity index (χ4v) is 4.91. The Balaban J connectivity index is 1.42. The van der Waals surface area contributed by atoms with Gasteiger partial charge in [-0.3, -0.25) is 19.7 Å². The first kappa shape index (κ1) is 16.4. The van der Waals surface area contributed by atoms with Crippen LogP contribution < -0.4 is 0 Å². The minimum absolute atomic E-state index is 0.179. The zero-order valence-electron chi connectivity index (χ0n) is 14.2. The van der Waals surface area contributed by atoms with Crippen LogP contribution in [0.2, 0.25) is 0 Å². The summed E-state index contributed by atoms with van der Waals surface area (Å²) in [6, 6.07) is 4.59. The van der Waals surface area contributed by atoms with Gasteiger partial charge in [-0.1, -0.05) is 6.07 Å². The molecule has 1 aromatic heterocycles. The van der Waals surface area contributed by atoms with E-state index in [1.54, 1.807) is 0 Å². The molecule has 1 spiro atoms. The molecule has 1 aromatic rings. The van der Waals surface area contributed by atoms with Crippen molar-refractivity contribution < 1.29 is 10.2 Å². The fraction of sp³-hybridized carbons (Fsp3) is 0.722. The maximum atomic E-state index is 10.2. The normalized spacial score (nSPS) is 30.4. The van der Waals surface area contributed by atoms with Crippen molar-refractivity contribution in [3.05, 3.63) is 30.1 Å². The highest BCUT2D eigenvalue weighted by Crippen LogP contribution is 2.39. The SMILES string of the molecule is OCCCN1C[C@H]2C[C@@H](O)CN2C2(C1)CN(Cc1cccnc1)C2. The van der Waals surface area contributed by atoms with Crippen LogP contribution in [-0.2, 0) is 6.54 Å². The Morgan fingerprint density at radius 2 is 2.04 bits per heavy atom. The maximum absolute atomic E-state index is 10.2. The number of aromatic nitrogens is 1. The van der Waals surface area contributed by atoms with E-state index in [0.717, 1.165) is 58.7 Å². The molecule has 3 fully saturated rings. The molecule has 0 aliphatic carbocycles. The predicted octanol–water partition coefficient (Wildman–Crippen LogP) is -0.231. The topological polar surface area (TPSA) is 63.1 Å². The van der Waals surface area contributed by atoms with Crippen molar-refractivity contribution in [2.24, 2.45) is 0 Å². The lowest BCUT2D eigenvalue weighted by molar-refractivity contribution is -0.116. The average molecular weight is 332 g/mol. The predicted molar refractivity (Wildman–Crippen MR) is 91.5 cm³/mol. The summed E-state index contributed by atoms with van der Waals surface area (Å²) >= 11 is 0. The number of β-amino-alcohol motifs (C(OH)–C–C–N with tert-alkyl or cyclic N) is 1. The van der Waals surface area contributed by atoms with Gasteiger partial charge in [0.2, 0.25) is 0 Å². The van der Waals surface area contributed by atoms with Gasteiger partial charge in [0.05, 0.1) is 11.6 Å². The van der Waals surface area contributed by atoms with E-state index in [1.807, 2.05) is 18.5 Å². The smallest absolute Gasteiger partial charge is 0.0682 e. The van der Waals surface area contributed by atoms with E-state index in [9.17, 15) is 5.11 Å². The highest BCUT2D eigenvalue weighted by atomic mass is 16.3. The van der Waals surface area contributed by atoms with Gasteiger partial charge in [0.1, 0.15) is 0 Å². The summed E-state index contributed by atoms with van der Waals surface area (Å²) in [7, 11) is 0. The molecule has 3 aliphatic heterocycles. The van der Waals surface area contributed by atoms with Gasteiger partial charge in [-0.2, -0.15) is 0 Å². The van der Waals surface area contributed by atoms with Crippen molar-refractivity contribution in [1.29, 1.82) is 0 Å². The van der Waals surface area contributed by atoms with E-state index in [1.165, 1.54) is 5.56 Å². The summed E-state index contributed by atoms with van der Waals surface area (Å²) in [5.41, 5.74) is 1.44. The van der Waals surface area contributed by atoms with Crippen LogP contribution in [0.3, 0.4) is 0 Å². The largest absolute Gasteiger partial charge is 0.396 e. The number of aliphatic hydroxyl groups is 2. The third-order valence-electron chi connectivity index (χ3n) is 5.79. The summed E-state index contributed by atoms with van der Waals surface area (Å²) in [5, 5.41) is 19.3. The molecule has 3 aliphatic rings. The summed E-state index contributed by atoms with van der Waals surface area (Å²) < 4.78 is 0. The number of piperazine rings is 1. The molecule has 4 heterocycles. The Kier molecular flexibility index (Phi) is 4.58. The molecule has 4 rings (SSSR count). The number of likely N-dealkylation sites (tertiary alicyclic amines) is 1. The number of hydrogen-bond acceptors (Lipinski definition) is 6. The average Bonchev–Trinajstić information content (AvgIpc) is 2.93. The number of fused-ring (bicyclic) bond motifs is 2. The second kappa shape index (κ2) is 6.69. The van der Waals surface area contributed by atoms with E-state index in [2.05, 4.69) is 25.8 Å². The minimum atomic E-state index is -0.183. The molecule has 0 bridgehead atoms. The van der Waals surface area contributed by atoms with Gasteiger partial charge in [-0.15, -0.1) is 0 Å².